The van der Waals surface area contributed by atoms with Crippen molar-refractivity contribution in [3.8, 4) is 0 Å². The summed E-state index contributed by atoms with van der Waals surface area (Å²) in [4.78, 5) is 27.3. The molecule has 0 saturated carbocycles. The lowest BCUT2D eigenvalue weighted by Crippen LogP contribution is -2.30. The van der Waals surface area contributed by atoms with Gasteiger partial charge in [-0.15, -0.1) is 23.5 Å². The maximum absolute atomic E-state index is 12.8. The fourth-order valence-electron chi connectivity index (χ4n) is 2.84. The Labute approximate surface area is 162 Å². The molecule has 1 aliphatic heterocycles. The average molecular weight is 387 g/mol. The van der Waals surface area contributed by atoms with Crippen molar-refractivity contribution in [1.29, 1.82) is 0 Å². The van der Waals surface area contributed by atoms with Crippen LogP contribution in [0.2, 0.25) is 0 Å². The van der Waals surface area contributed by atoms with E-state index in [-0.39, 0.29) is 22.4 Å². The van der Waals surface area contributed by atoms with Gasteiger partial charge in [-0.3, -0.25) is 14.5 Å². The van der Waals surface area contributed by atoms with Gasteiger partial charge >= 0.3 is 0 Å². The van der Waals surface area contributed by atoms with E-state index in [0.29, 0.717) is 6.42 Å². The van der Waals surface area contributed by atoms with Gasteiger partial charge < -0.3 is 5.32 Å². The van der Waals surface area contributed by atoms with Crippen LogP contribution in [0.15, 0.2) is 53.4 Å². The van der Waals surface area contributed by atoms with E-state index < -0.39 is 0 Å². The van der Waals surface area contributed by atoms with Crippen LogP contribution in [-0.2, 0) is 9.59 Å². The summed E-state index contributed by atoms with van der Waals surface area (Å²) in [6, 6.07) is 15.9. The molecule has 2 amide bonds. The highest BCUT2D eigenvalue weighted by Gasteiger charge is 2.39. The number of carbonyl (C=O) groups is 2. The van der Waals surface area contributed by atoms with Crippen LogP contribution in [0.5, 0.6) is 0 Å². The van der Waals surface area contributed by atoms with E-state index in [9.17, 15) is 9.59 Å². The molecule has 2 aromatic carbocycles. The Morgan fingerprint density at radius 2 is 1.81 bits per heavy atom. The van der Waals surface area contributed by atoms with Gasteiger partial charge in [0.05, 0.1) is 5.25 Å². The van der Waals surface area contributed by atoms with E-state index in [1.165, 1.54) is 4.90 Å². The molecule has 0 aliphatic carbocycles. The zero-order chi connectivity index (χ0) is 18.7. The Hall–Kier alpha value is -1.92. The maximum atomic E-state index is 12.8. The van der Waals surface area contributed by atoms with Crippen LogP contribution in [0, 0.1) is 0 Å². The minimum absolute atomic E-state index is 0.0223. The molecule has 1 N–H and O–H groups in total. The largest absolute Gasteiger partial charge is 0.326 e. The smallest absolute Gasteiger partial charge is 0.241 e. The topological polar surface area (TPSA) is 49.4 Å². The zero-order valence-corrected chi connectivity index (χ0v) is 16.7. The lowest BCUT2D eigenvalue weighted by Gasteiger charge is -2.24. The summed E-state index contributed by atoms with van der Waals surface area (Å²) in [6.45, 7) is 3.77. The highest BCUT2D eigenvalue weighted by molar-refractivity contribution is 8.01. The maximum Gasteiger partial charge on any atom is 0.241 e. The lowest BCUT2D eigenvalue weighted by atomic mass is 10.1. The summed E-state index contributed by atoms with van der Waals surface area (Å²) in [5.74, 6) is 0.0882. The van der Waals surface area contributed by atoms with Crippen molar-refractivity contribution in [2.75, 3.05) is 16.5 Å². The van der Waals surface area contributed by atoms with Crippen LogP contribution in [0.1, 0.15) is 31.2 Å². The molecule has 2 atom stereocenters. The third kappa shape index (κ3) is 3.91. The van der Waals surface area contributed by atoms with Crippen LogP contribution < -0.4 is 10.2 Å². The molecule has 1 heterocycles. The van der Waals surface area contributed by atoms with E-state index in [1.807, 2.05) is 43.0 Å². The van der Waals surface area contributed by atoms with Gasteiger partial charge in [-0.25, -0.2) is 0 Å². The SMILES string of the molecule is CCC(=O)Nc1ccc(N2C(=O)C(C)SC2c2ccc(SC)cc2)cc1. The summed E-state index contributed by atoms with van der Waals surface area (Å²) in [7, 11) is 0. The normalized spacial score (nSPS) is 19.7. The number of thioether (sulfide) groups is 2. The molecule has 2 unspecified atom stereocenters. The van der Waals surface area contributed by atoms with Crippen LogP contribution in [0.25, 0.3) is 0 Å². The molecule has 26 heavy (non-hydrogen) atoms. The Bertz CT molecular complexity index is 790. The van der Waals surface area contributed by atoms with Crippen molar-refractivity contribution < 1.29 is 9.59 Å². The highest BCUT2D eigenvalue weighted by Crippen LogP contribution is 2.45. The van der Waals surface area contributed by atoms with E-state index in [4.69, 9.17) is 0 Å². The van der Waals surface area contributed by atoms with E-state index >= 15 is 0 Å². The highest BCUT2D eigenvalue weighted by atomic mass is 32.2. The van der Waals surface area contributed by atoms with Gasteiger partial charge in [-0.2, -0.15) is 0 Å². The molecule has 0 aromatic heterocycles. The second-order valence-corrected chi connectivity index (χ2v) is 8.37. The third-order valence-electron chi connectivity index (χ3n) is 4.30. The number of nitrogens with one attached hydrogen (secondary N) is 1. The first-order valence-corrected chi connectivity index (χ1v) is 10.7. The summed E-state index contributed by atoms with van der Waals surface area (Å²) < 4.78 is 0. The summed E-state index contributed by atoms with van der Waals surface area (Å²) in [5.41, 5.74) is 2.71. The molecule has 136 valence electrons. The molecule has 1 aliphatic rings. The Morgan fingerprint density at radius 1 is 1.15 bits per heavy atom. The van der Waals surface area contributed by atoms with Crippen molar-refractivity contribution in [2.45, 2.75) is 35.8 Å². The van der Waals surface area contributed by atoms with E-state index in [1.54, 1.807) is 23.5 Å². The fourth-order valence-corrected chi connectivity index (χ4v) is 4.52. The summed E-state index contributed by atoms with van der Waals surface area (Å²) in [5, 5.41) is 2.71. The van der Waals surface area contributed by atoms with Crippen LogP contribution >= 0.6 is 23.5 Å². The number of hydrogen-bond acceptors (Lipinski definition) is 4. The number of benzene rings is 2. The standard InChI is InChI=1S/C20H22N2O2S2/c1-4-18(23)21-15-7-9-16(10-8-15)22-19(24)13(2)26-20(22)14-5-11-17(25-3)12-6-14/h5-13,20H,4H2,1-3H3,(H,21,23). The number of hydrogen-bond donors (Lipinski definition) is 1. The molecule has 3 rings (SSSR count). The van der Waals surface area contributed by atoms with Gasteiger partial charge in [0.25, 0.3) is 0 Å². The molecule has 2 aromatic rings. The number of nitrogens with zero attached hydrogens (tertiary/aromatic N) is 1. The quantitative estimate of drug-likeness (QED) is 0.741. The van der Waals surface area contributed by atoms with E-state index in [0.717, 1.165) is 16.9 Å². The van der Waals surface area contributed by atoms with Crippen LogP contribution in [-0.4, -0.2) is 23.3 Å². The predicted octanol–water partition coefficient (Wildman–Crippen LogP) is 4.92. The van der Waals surface area contributed by atoms with E-state index in [2.05, 4.69) is 35.8 Å². The minimum atomic E-state index is -0.0836. The van der Waals surface area contributed by atoms with Gasteiger partial charge in [0.1, 0.15) is 5.37 Å². The lowest BCUT2D eigenvalue weighted by molar-refractivity contribution is -0.117. The van der Waals surface area contributed by atoms with Crippen LogP contribution in [0.3, 0.4) is 0 Å². The van der Waals surface area contributed by atoms with Gasteiger partial charge in [-0.1, -0.05) is 19.1 Å². The number of rotatable bonds is 5. The van der Waals surface area contributed by atoms with Gasteiger partial charge in [0, 0.05) is 22.7 Å². The van der Waals surface area contributed by atoms with Crippen molar-refractivity contribution in [2.24, 2.45) is 0 Å². The second-order valence-electron chi connectivity index (χ2n) is 6.06. The molecule has 0 spiro atoms. The monoisotopic (exact) mass is 386 g/mol. The molecule has 0 radical (unpaired) electrons. The van der Waals surface area contributed by atoms with Crippen molar-refractivity contribution in [3.63, 3.8) is 0 Å². The third-order valence-corrected chi connectivity index (χ3v) is 6.40. The molecule has 1 saturated heterocycles. The molecule has 0 bridgehead atoms. The first-order chi connectivity index (χ1) is 12.5. The van der Waals surface area contributed by atoms with Gasteiger partial charge in [0.15, 0.2) is 0 Å². The average Bonchev–Trinajstić information content (AvgIpc) is 2.97. The molecular weight excluding hydrogens is 364 g/mol. The van der Waals surface area contributed by atoms with Crippen LogP contribution in [0.4, 0.5) is 11.4 Å². The Balaban J connectivity index is 1.87. The molecular formula is C20H22N2O2S2. The van der Waals surface area contributed by atoms with Gasteiger partial charge in [-0.05, 0) is 55.1 Å². The first kappa shape index (κ1) is 18.9. The number of anilines is 2. The van der Waals surface area contributed by atoms with Gasteiger partial charge in [0.2, 0.25) is 11.8 Å². The number of carbonyl (C=O) groups excluding carboxylic acids is 2. The predicted molar refractivity (Wildman–Crippen MR) is 111 cm³/mol. The first-order valence-electron chi connectivity index (χ1n) is 8.56. The van der Waals surface area contributed by atoms with Crippen molar-refractivity contribution >= 4 is 46.7 Å². The Kier molecular flexibility index (Phi) is 5.94. The second kappa shape index (κ2) is 8.18. The fraction of sp³-hybridized carbons (Fsp3) is 0.300. The van der Waals surface area contributed by atoms with Crippen molar-refractivity contribution in [3.05, 3.63) is 54.1 Å². The summed E-state index contributed by atoms with van der Waals surface area (Å²) in [6.07, 6.45) is 2.49. The molecule has 4 nitrogen and oxygen atoms in total. The zero-order valence-electron chi connectivity index (χ0n) is 15.1. The van der Waals surface area contributed by atoms with Crippen molar-refractivity contribution in [1.82, 2.24) is 0 Å². The minimum Gasteiger partial charge on any atom is -0.326 e. The molecule has 6 heteroatoms. The summed E-state index contributed by atoms with van der Waals surface area (Å²) >= 11 is 3.37. The Morgan fingerprint density at radius 3 is 2.38 bits per heavy atom. The number of amides is 2. The molecule has 1 fully saturated rings.